The molecule has 0 bridgehead atoms. The van der Waals surface area contributed by atoms with Crippen LogP contribution in [0.25, 0.3) is 0 Å². The Morgan fingerprint density at radius 1 is 1.43 bits per heavy atom. The molecule has 0 saturated heterocycles. The number of ether oxygens (including phenoxy) is 1. The van der Waals surface area contributed by atoms with E-state index in [1.165, 1.54) is 0 Å². The molecule has 0 spiro atoms. The van der Waals surface area contributed by atoms with E-state index in [0.717, 1.165) is 12.1 Å². The van der Waals surface area contributed by atoms with Gasteiger partial charge in [-0.2, -0.15) is 13.2 Å². The zero-order valence-corrected chi connectivity index (χ0v) is 11.1. The second-order valence-corrected chi connectivity index (χ2v) is 4.34. The van der Waals surface area contributed by atoms with Crippen LogP contribution in [0.3, 0.4) is 0 Å². The summed E-state index contributed by atoms with van der Waals surface area (Å²) < 4.78 is 40.8. The highest BCUT2D eigenvalue weighted by molar-refractivity contribution is 6.32. The van der Waals surface area contributed by atoms with Gasteiger partial charge in [0.2, 0.25) is 0 Å². The van der Waals surface area contributed by atoms with Crippen molar-refractivity contribution in [3.63, 3.8) is 0 Å². The van der Waals surface area contributed by atoms with E-state index >= 15 is 0 Å². The number of nitro groups is 1. The van der Waals surface area contributed by atoms with Gasteiger partial charge in [-0.1, -0.05) is 11.6 Å². The molecule has 0 aliphatic heterocycles. The van der Waals surface area contributed by atoms with E-state index < -0.39 is 53.5 Å². The Morgan fingerprint density at radius 3 is 2.52 bits per heavy atom. The van der Waals surface area contributed by atoms with Crippen molar-refractivity contribution >= 4 is 23.3 Å². The van der Waals surface area contributed by atoms with Crippen molar-refractivity contribution in [1.82, 2.24) is 0 Å². The first-order chi connectivity index (χ1) is 9.61. The Morgan fingerprint density at radius 2 is 2.05 bits per heavy atom. The molecule has 0 amide bonds. The Kier molecular flexibility index (Phi) is 5.36. The summed E-state index contributed by atoms with van der Waals surface area (Å²) in [5.74, 6) is -1.93. The maximum atomic E-state index is 12.0. The molecule has 21 heavy (non-hydrogen) atoms. The number of carboxylic acids is 1. The SMILES string of the molecule is O=C(O)c1cc([N+](=O)[O-])cc(Cl)c1OCCCC(F)(F)F. The third kappa shape index (κ3) is 5.10. The van der Waals surface area contributed by atoms with Gasteiger partial charge in [-0.15, -0.1) is 0 Å². The van der Waals surface area contributed by atoms with E-state index in [2.05, 4.69) is 0 Å². The molecule has 1 aromatic rings. The smallest absolute Gasteiger partial charge is 0.389 e. The summed E-state index contributed by atoms with van der Waals surface area (Å²) >= 11 is 5.68. The number of halogens is 4. The molecule has 0 radical (unpaired) electrons. The minimum Gasteiger partial charge on any atom is -0.491 e. The van der Waals surface area contributed by atoms with Crippen molar-refractivity contribution in [3.8, 4) is 5.75 Å². The van der Waals surface area contributed by atoms with E-state index in [1.54, 1.807) is 0 Å². The lowest BCUT2D eigenvalue weighted by molar-refractivity contribution is -0.384. The van der Waals surface area contributed by atoms with Crippen LogP contribution in [0.15, 0.2) is 12.1 Å². The number of hydrogen-bond donors (Lipinski definition) is 1. The van der Waals surface area contributed by atoms with E-state index in [-0.39, 0.29) is 5.02 Å². The van der Waals surface area contributed by atoms with Crippen molar-refractivity contribution < 1.29 is 32.7 Å². The molecule has 6 nitrogen and oxygen atoms in total. The molecule has 0 heterocycles. The lowest BCUT2D eigenvalue weighted by Crippen LogP contribution is -2.11. The number of non-ortho nitro benzene ring substituents is 1. The van der Waals surface area contributed by atoms with Gasteiger partial charge in [0.15, 0.2) is 5.75 Å². The predicted octanol–water partition coefficient (Wildman–Crippen LogP) is 3.67. The first-order valence-electron chi connectivity index (χ1n) is 5.52. The van der Waals surface area contributed by atoms with Crippen LogP contribution in [0.1, 0.15) is 23.2 Å². The monoisotopic (exact) mass is 327 g/mol. The van der Waals surface area contributed by atoms with Crippen molar-refractivity contribution in [1.29, 1.82) is 0 Å². The summed E-state index contributed by atoms with van der Waals surface area (Å²) in [6.45, 7) is -0.419. The number of hydrogen-bond acceptors (Lipinski definition) is 4. The lowest BCUT2D eigenvalue weighted by Gasteiger charge is -2.11. The Labute approximate surface area is 121 Å². The number of carboxylic acid groups (broad SMARTS) is 1. The number of nitro benzene ring substituents is 1. The van der Waals surface area contributed by atoms with Crippen molar-refractivity contribution in [2.75, 3.05) is 6.61 Å². The average Bonchev–Trinajstić information content (AvgIpc) is 2.33. The maximum absolute atomic E-state index is 12.0. The van der Waals surface area contributed by atoms with Crippen LogP contribution >= 0.6 is 11.6 Å². The highest BCUT2D eigenvalue weighted by Crippen LogP contribution is 2.34. The van der Waals surface area contributed by atoms with Crippen molar-refractivity contribution in [2.45, 2.75) is 19.0 Å². The average molecular weight is 328 g/mol. The van der Waals surface area contributed by atoms with Gasteiger partial charge in [-0.3, -0.25) is 10.1 Å². The summed E-state index contributed by atoms with van der Waals surface area (Å²) in [6, 6.07) is 1.60. The third-order valence-corrected chi connectivity index (χ3v) is 2.60. The van der Waals surface area contributed by atoms with Gasteiger partial charge in [0.1, 0.15) is 5.56 Å². The number of nitrogens with zero attached hydrogens (tertiary/aromatic N) is 1. The fourth-order valence-electron chi connectivity index (χ4n) is 1.44. The Bertz CT molecular complexity index is 562. The molecule has 10 heteroatoms. The van der Waals surface area contributed by atoms with Gasteiger partial charge in [0, 0.05) is 18.6 Å². The molecule has 116 valence electrons. The van der Waals surface area contributed by atoms with Gasteiger partial charge in [0.25, 0.3) is 5.69 Å². The second kappa shape index (κ2) is 6.61. The molecule has 0 unspecified atom stereocenters. The molecule has 1 rings (SSSR count). The zero-order chi connectivity index (χ0) is 16.2. The molecule has 0 aliphatic rings. The van der Waals surface area contributed by atoms with E-state index in [0.29, 0.717) is 0 Å². The van der Waals surface area contributed by atoms with Crippen molar-refractivity contribution in [2.24, 2.45) is 0 Å². The van der Waals surface area contributed by atoms with Gasteiger partial charge in [-0.25, -0.2) is 4.79 Å². The number of benzene rings is 1. The van der Waals surface area contributed by atoms with Gasteiger partial charge >= 0.3 is 12.1 Å². The zero-order valence-electron chi connectivity index (χ0n) is 10.3. The minimum atomic E-state index is -4.35. The summed E-state index contributed by atoms with van der Waals surface area (Å²) in [7, 11) is 0. The highest BCUT2D eigenvalue weighted by Gasteiger charge is 2.27. The third-order valence-electron chi connectivity index (χ3n) is 2.32. The van der Waals surface area contributed by atoms with Crippen LogP contribution in [-0.4, -0.2) is 28.8 Å². The highest BCUT2D eigenvalue weighted by atomic mass is 35.5. The number of alkyl halides is 3. The normalized spacial score (nSPS) is 11.2. The summed E-state index contributed by atoms with van der Waals surface area (Å²) in [6.07, 6.45) is -5.84. The molecule has 0 saturated carbocycles. The molecule has 0 atom stereocenters. The van der Waals surface area contributed by atoms with Crippen LogP contribution in [-0.2, 0) is 0 Å². The van der Waals surface area contributed by atoms with E-state index in [1.807, 2.05) is 0 Å². The van der Waals surface area contributed by atoms with Crippen LogP contribution in [0.2, 0.25) is 5.02 Å². The first-order valence-corrected chi connectivity index (χ1v) is 5.90. The largest absolute Gasteiger partial charge is 0.491 e. The second-order valence-electron chi connectivity index (χ2n) is 3.93. The standard InChI is InChI=1S/C11H9ClF3NO5/c12-8-5-6(16(19)20)4-7(10(17)18)9(8)21-3-1-2-11(13,14)15/h4-5H,1-3H2,(H,17,18). The number of aromatic carboxylic acids is 1. The van der Waals surface area contributed by atoms with Crippen LogP contribution in [0.5, 0.6) is 5.75 Å². The predicted molar refractivity (Wildman–Crippen MR) is 65.8 cm³/mol. The topological polar surface area (TPSA) is 89.7 Å². The first kappa shape index (κ1) is 17.0. The van der Waals surface area contributed by atoms with Gasteiger partial charge in [-0.05, 0) is 6.42 Å². The molecule has 1 N–H and O–H groups in total. The molecular formula is C11H9ClF3NO5. The summed E-state index contributed by atoms with van der Waals surface area (Å²) in [4.78, 5) is 20.8. The molecule has 0 fully saturated rings. The summed E-state index contributed by atoms with van der Waals surface area (Å²) in [5.41, 5.74) is -1.14. The summed E-state index contributed by atoms with van der Waals surface area (Å²) in [5, 5.41) is 19.2. The van der Waals surface area contributed by atoms with Gasteiger partial charge in [0.05, 0.1) is 16.6 Å². The molecular weight excluding hydrogens is 319 g/mol. The minimum absolute atomic E-state index is 0.353. The van der Waals surface area contributed by atoms with E-state index in [9.17, 15) is 28.1 Å². The maximum Gasteiger partial charge on any atom is 0.389 e. The Balaban J connectivity index is 2.91. The quantitative estimate of drug-likeness (QED) is 0.489. The van der Waals surface area contributed by atoms with Crippen LogP contribution < -0.4 is 4.74 Å². The van der Waals surface area contributed by atoms with Gasteiger partial charge < -0.3 is 9.84 Å². The fourth-order valence-corrected chi connectivity index (χ4v) is 1.71. The lowest BCUT2D eigenvalue weighted by atomic mass is 10.1. The number of rotatable bonds is 6. The molecule has 0 aliphatic carbocycles. The Hall–Kier alpha value is -2.03. The van der Waals surface area contributed by atoms with Crippen LogP contribution in [0.4, 0.5) is 18.9 Å². The van der Waals surface area contributed by atoms with E-state index in [4.69, 9.17) is 21.4 Å². The fraction of sp³-hybridized carbons (Fsp3) is 0.364. The van der Waals surface area contributed by atoms with Crippen LogP contribution in [0, 0.1) is 10.1 Å². The molecule has 0 aromatic heterocycles. The number of carbonyl (C=O) groups is 1. The molecule has 1 aromatic carbocycles. The van der Waals surface area contributed by atoms with Crippen molar-refractivity contribution in [3.05, 3.63) is 32.8 Å².